The molecule has 2 aliphatic heterocycles. The zero-order valence-corrected chi connectivity index (χ0v) is 47.0. The van der Waals surface area contributed by atoms with Crippen LogP contribution in [-0.4, -0.2) is 130 Å². The minimum absolute atomic E-state index is 0.0118. The number of ether oxygens (including phenoxy) is 7. The first-order valence-electron chi connectivity index (χ1n) is 29.5. The van der Waals surface area contributed by atoms with Gasteiger partial charge in [-0.1, -0.05) is 156 Å². The third-order valence-electron chi connectivity index (χ3n) is 13.9. The lowest BCUT2D eigenvalue weighted by Crippen LogP contribution is -2.52. The van der Waals surface area contributed by atoms with Gasteiger partial charge in [0.15, 0.2) is 0 Å². The van der Waals surface area contributed by atoms with E-state index in [0.717, 1.165) is 142 Å². The molecule has 2 atom stereocenters. The highest BCUT2D eigenvalue weighted by molar-refractivity contribution is 5.73. The van der Waals surface area contributed by atoms with Crippen molar-refractivity contribution in [3.05, 3.63) is 0 Å². The number of piperidine rings is 2. The van der Waals surface area contributed by atoms with E-state index in [2.05, 4.69) is 32.6 Å². The summed E-state index contributed by atoms with van der Waals surface area (Å²) < 4.78 is 40.4. The van der Waals surface area contributed by atoms with Gasteiger partial charge in [-0.3, -0.25) is 28.8 Å². The van der Waals surface area contributed by atoms with E-state index in [0.29, 0.717) is 38.5 Å². The zero-order chi connectivity index (χ0) is 54.0. The van der Waals surface area contributed by atoms with Crippen molar-refractivity contribution in [1.82, 2.24) is 9.80 Å². The molecule has 0 radical (unpaired) electrons. The fourth-order valence-electron chi connectivity index (χ4n) is 9.25. The summed E-state index contributed by atoms with van der Waals surface area (Å²) in [5.41, 5.74) is 0. The van der Waals surface area contributed by atoms with E-state index in [1.54, 1.807) is 0 Å². The Bertz CT molecular complexity index is 1380. The van der Waals surface area contributed by atoms with Crippen molar-refractivity contribution in [3.8, 4) is 0 Å². The second kappa shape index (κ2) is 43.2. The molecule has 2 fully saturated rings. The van der Waals surface area contributed by atoms with Gasteiger partial charge in [0.05, 0.1) is 52.4 Å². The van der Waals surface area contributed by atoms with E-state index >= 15 is 0 Å². The van der Waals surface area contributed by atoms with Gasteiger partial charge < -0.3 is 43.0 Å². The van der Waals surface area contributed by atoms with Crippen molar-refractivity contribution >= 4 is 41.9 Å². The Hall–Kier alpha value is -3.95. The molecule has 0 aromatic rings. The van der Waals surface area contributed by atoms with Crippen LogP contribution in [0, 0.1) is 11.8 Å². The van der Waals surface area contributed by atoms with Crippen LogP contribution in [-0.2, 0) is 61.9 Å². The summed E-state index contributed by atoms with van der Waals surface area (Å²) in [6.07, 6.45) is 23.6. The number of carbonyl (C=O) groups is 7. The summed E-state index contributed by atoms with van der Waals surface area (Å²) in [6.45, 7) is 9.57. The van der Waals surface area contributed by atoms with Crippen LogP contribution in [0.5, 0.6) is 0 Å². The molecular formula is C58H102N2O14. The molecule has 2 heterocycles. The number of rotatable bonds is 43. The number of amides is 1. The number of esters is 6. The van der Waals surface area contributed by atoms with E-state index in [4.69, 9.17) is 33.2 Å². The van der Waals surface area contributed by atoms with Gasteiger partial charge in [0.2, 0.25) is 0 Å². The topological polar surface area (TPSA) is 191 Å². The Labute approximate surface area is 446 Å². The lowest BCUT2D eigenvalue weighted by atomic mass is 10.0. The highest BCUT2D eigenvalue weighted by atomic mass is 16.6. The van der Waals surface area contributed by atoms with Crippen LogP contribution in [0.3, 0.4) is 0 Å². The molecule has 0 bridgehead atoms. The monoisotopic (exact) mass is 1050 g/mol. The van der Waals surface area contributed by atoms with Crippen molar-refractivity contribution in [2.75, 3.05) is 59.7 Å². The van der Waals surface area contributed by atoms with Gasteiger partial charge in [-0.2, -0.15) is 0 Å². The van der Waals surface area contributed by atoms with Crippen molar-refractivity contribution in [1.29, 1.82) is 0 Å². The van der Waals surface area contributed by atoms with Gasteiger partial charge >= 0.3 is 41.9 Å². The molecule has 0 spiro atoms. The Morgan fingerprint density at radius 2 is 0.689 bits per heavy atom. The van der Waals surface area contributed by atoms with Gasteiger partial charge in [0.1, 0.15) is 18.3 Å². The SMILES string of the molecule is CCCCCCCCC(=O)OCC(COC(=O)CCCCCCCC)CC(=O)O[C@@H]1C[C@H](OC(=O)CC(COC(=O)CCCCCCCC)COC(=O)CCCCCCCC)CN(C(=O)OC2CCN(C)CC2)C1. The first-order valence-corrected chi connectivity index (χ1v) is 29.5. The first kappa shape index (κ1) is 66.2. The largest absolute Gasteiger partial charge is 0.465 e. The van der Waals surface area contributed by atoms with Crippen LogP contribution in [0.1, 0.15) is 240 Å². The summed E-state index contributed by atoms with van der Waals surface area (Å²) in [7, 11) is 2.01. The normalized spacial score (nSPS) is 16.2. The van der Waals surface area contributed by atoms with Gasteiger partial charge in [-0.15, -0.1) is 0 Å². The molecule has 2 saturated heterocycles. The fourth-order valence-corrected chi connectivity index (χ4v) is 9.25. The van der Waals surface area contributed by atoms with Crippen LogP contribution < -0.4 is 0 Å². The maximum atomic E-state index is 13.8. The van der Waals surface area contributed by atoms with Crippen LogP contribution in [0.2, 0.25) is 0 Å². The molecule has 2 rings (SSSR count). The molecule has 74 heavy (non-hydrogen) atoms. The number of nitrogens with zero attached hydrogens (tertiary/aromatic N) is 2. The smallest absolute Gasteiger partial charge is 0.410 e. The Morgan fingerprint density at radius 1 is 0.392 bits per heavy atom. The number of likely N-dealkylation sites (tertiary alicyclic amines) is 2. The van der Waals surface area contributed by atoms with E-state index < -0.39 is 42.1 Å². The third kappa shape index (κ3) is 34.6. The first-order chi connectivity index (χ1) is 35.8. The average Bonchev–Trinajstić information content (AvgIpc) is 3.37. The van der Waals surface area contributed by atoms with E-state index in [1.165, 1.54) is 4.90 Å². The van der Waals surface area contributed by atoms with Gasteiger partial charge in [-0.05, 0) is 45.6 Å². The zero-order valence-electron chi connectivity index (χ0n) is 47.0. The van der Waals surface area contributed by atoms with Gasteiger partial charge in [0.25, 0.3) is 0 Å². The van der Waals surface area contributed by atoms with Gasteiger partial charge in [0, 0.05) is 57.0 Å². The fraction of sp³-hybridized carbons (Fsp3) is 0.879. The number of unbranched alkanes of at least 4 members (excludes halogenated alkanes) is 20. The molecule has 0 saturated carbocycles. The number of hydrogen-bond acceptors (Lipinski definition) is 15. The highest BCUT2D eigenvalue weighted by Gasteiger charge is 2.37. The summed E-state index contributed by atoms with van der Waals surface area (Å²) >= 11 is 0. The van der Waals surface area contributed by atoms with Crippen LogP contribution in [0.15, 0.2) is 0 Å². The molecule has 0 aromatic heterocycles. The summed E-state index contributed by atoms with van der Waals surface area (Å²) in [5, 5.41) is 0. The number of hydrogen-bond donors (Lipinski definition) is 0. The summed E-state index contributed by atoms with van der Waals surface area (Å²) in [4.78, 5) is 96.0. The van der Waals surface area contributed by atoms with Crippen molar-refractivity contribution in [3.63, 3.8) is 0 Å². The van der Waals surface area contributed by atoms with E-state index in [-0.39, 0.29) is 114 Å². The van der Waals surface area contributed by atoms with Crippen LogP contribution in [0.4, 0.5) is 4.79 Å². The maximum Gasteiger partial charge on any atom is 0.410 e. The lowest BCUT2D eigenvalue weighted by Gasteiger charge is -2.38. The summed E-state index contributed by atoms with van der Waals surface area (Å²) in [6, 6.07) is 0. The van der Waals surface area contributed by atoms with E-state index in [1.807, 2.05) is 7.05 Å². The minimum atomic E-state index is -0.896. The van der Waals surface area contributed by atoms with E-state index in [9.17, 15) is 33.6 Å². The van der Waals surface area contributed by atoms with Crippen LogP contribution in [0.25, 0.3) is 0 Å². The van der Waals surface area contributed by atoms with Crippen molar-refractivity contribution < 1.29 is 66.7 Å². The molecule has 2 aliphatic rings. The Morgan fingerprint density at radius 3 is 1.00 bits per heavy atom. The van der Waals surface area contributed by atoms with Crippen LogP contribution >= 0.6 is 0 Å². The van der Waals surface area contributed by atoms with Gasteiger partial charge in [-0.25, -0.2) is 4.79 Å². The van der Waals surface area contributed by atoms with Crippen molar-refractivity contribution in [2.45, 2.75) is 258 Å². The molecule has 16 nitrogen and oxygen atoms in total. The Kier molecular flexibility index (Phi) is 38.6. The average molecular weight is 1050 g/mol. The van der Waals surface area contributed by atoms with Crippen molar-refractivity contribution in [2.24, 2.45) is 11.8 Å². The molecule has 0 aliphatic carbocycles. The number of carbonyl (C=O) groups excluding carboxylic acids is 7. The molecule has 16 heteroatoms. The minimum Gasteiger partial charge on any atom is -0.465 e. The molecule has 0 N–H and O–H groups in total. The maximum absolute atomic E-state index is 13.8. The molecule has 1 amide bonds. The molecule has 0 unspecified atom stereocenters. The lowest BCUT2D eigenvalue weighted by molar-refractivity contribution is -0.167. The standard InChI is InChI=1S/C58H102N2O14/c1-6-10-14-18-22-26-30-52(61)68-43-47(44-69-53(62)31-27-23-19-15-11-7-2)38-56(65)72-50-40-51(42-60(41-50)58(67)74-49-34-36-59(5)37-35-49)73-57(66)39-48(45-70-54(63)32-28-24-20-16-12-8-3)46-71-55(64)33-29-25-21-17-13-9-4/h47-51H,6-46H2,1-5H3/t50-,51+. The Balaban J connectivity index is 2.17. The predicted octanol–water partition coefficient (Wildman–Crippen LogP) is 11.9. The molecule has 428 valence electrons. The summed E-state index contributed by atoms with van der Waals surface area (Å²) in [5.74, 6) is -4.19. The quantitative estimate of drug-likeness (QED) is 0.0318. The highest BCUT2D eigenvalue weighted by Crippen LogP contribution is 2.23. The molecule has 0 aromatic carbocycles. The second-order valence-electron chi connectivity index (χ2n) is 21.2. The predicted molar refractivity (Wildman–Crippen MR) is 285 cm³/mol. The second-order valence-corrected chi connectivity index (χ2v) is 21.2. The molecular weight excluding hydrogens is 949 g/mol. The third-order valence-corrected chi connectivity index (χ3v) is 13.9.